The number of carbonyl (C=O) groups is 1. The maximum Gasteiger partial charge on any atom is 0.274 e. The summed E-state index contributed by atoms with van der Waals surface area (Å²) in [5.41, 5.74) is -1.51. The standard InChI is InChI=1S/C26H22F5N5O3S/c1-34(2)15-23(37)36(40(38,39)22-13-17(28)3-4-19(22)29)21-6-5-20(30)24(25(21)31)26-18(14-35(33-26)12-9-27)16-7-10-32-11-8-16/h3-8,10-11,13-14H,9,12,15H2,1-2H3. The van der Waals surface area contributed by atoms with Gasteiger partial charge in [0.25, 0.3) is 15.9 Å². The first-order valence-corrected chi connectivity index (χ1v) is 13.1. The van der Waals surface area contributed by atoms with Crippen LogP contribution in [0.25, 0.3) is 22.4 Å². The molecule has 0 radical (unpaired) electrons. The maximum atomic E-state index is 16.3. The zero-order valence-electron chi connectivity index (χ0n) is 21.2. The number of sulfonamides is 1. The van der Waals surface area contributed by atoms with E-state index in [4.69, 9.17) is 0 Å². The summed E-state index contributed by atoms with van der Waals surface area (Å²) in [5.74, 6) is -6.44. The Hall–Kier alpha value is -4.17. The minimum absolute atomic E-state index is 0.0339. The Balaban J connectivity index is 1.99. The molecule has 0 bridgehead atoms. The molecule has 4 rings (SSSR count). The third-order valence-electron chi connectivity index (χ3n) is 5.68. The van der Waals surface area contributed by atoms with Crippen molar-refractivity contribution in [1.82, 2.24) is 19.7 Å². The molecule has 14 heteroatoms. The van der Waals surface area contributed by atoms with Gasteiger partial charge in [-0.15, -0.1) is 0 Å². The lowest BCUT2D eigenvalue weighted by atomic mass is 10.0. The van der Waals surface area contributed by atoms with E-state index in [9.17, 15) is 26.4 Å². The lowest BCUT2D eigenvalue weighted by molar-refractivity contribution is -0.118. The Morgan fingerprint density at radius 2 is 1.65 bits per heavy atom. The molecule has 2 aromatic heterocycles. The molecule has 0 saturated heterocycles. The molecule has 0 N–H and O–H groups in total. The second-order valence-corrected chi connectivity index (χ2v) is 10.6. The molecule has 1 amide bonds. The maximum absolute atomic E-state index is 16.3. The van der Waals surface area contributed by atoms with Crippen LogP contribution in [0.4, 0.5) is 27.6 Å². The smallest absolute Gasteiger partial charge is 0.274 e. The van der Waals surface area contributed by atoms with Gasteiger partial charge in [-0.2, -0.15) is 9.40 Å². The third kappa shape index (κ3) is 5.58. The van der Waals surface area contributed by atoms with E-state index in [1.165, 1.54) is 49.7 Å². The number of carbonyl (C=O) groups excluding carboxylic acids is 1. The number of rotatable bonds is 9. The zero-order valence-corrected chi connectivity index (χ0v) is 22.0. The van der Waals surface area contributed by atoms with E-state index < -0.39 is 68.6 Å². The van der Waals surface area contributed by atoms with Crippen molar-refractivity contribution in [3.05, 3.63) is 84.3 Å². The Morgan fingerprint density at radius 3 is 2.30 bits per heavy atom. The van der Waals surface area contributed by atoms with Crippen molar-refractivity contribution in [3.8, 4) is 22.4 Å². The van der Waals surface area contributed by atoms with Gasteiger partial charge in [0, 0.05) is 24.2 Å². The zero-order chi connectivity index (χ0) is 29.2. The number of pyridine rings is 1. The number of alkyl halides is 1. The molecular formula is C26H22F5N5O3S. The number of likely N-dealkylation sites (N-methyl/N-ethyl adjacent to an activating group) is 1. The number of halogens is 5. The van der Waals surface area contributed by atoms with Gasteiger partial charge in [0.1, 0.15) is 34.7 Å². The van der Waals surface area contributed by atoms with Gasteiger partial charge in [0.15, 0.2) is 5.82 Å². The molecule has 0 saturated carbocycles. The number of nitrogens with zero attached hydrogens (tertiary/aromatic N) is 5. The van der Waals surface area contributed by atoms with E-state index in [1.54, 1.807) is 0 Å². The summed E-state index contributed by atoms with van der Waals surface area (Å²) in [5, 5.41) is 4.11. The fourth-order valence-corrected chi connectivity index (χ4v) is 5.47. The summed E-state index contributed by atoms with van der Waals surface area (Å²) in [7, 11) is -2.40. The predicted molar refractivity (Wildman–Crippen MR) is 136 cm³/mol. The molecule has 4 aromatic rings. The molecule has 8 nitrogen and oxygen atoms in total. The van der Waals surface area contributed by atoms with Gasteiger partial charge >= 0.3 is 0 Å². The number of aryl methyl sites for hydroxylation is 1. The highest BCUT2D eigenvalue weighted by atomic mass is 32.2. The topological polar surface area (TPSA) is 88.4 Å². The van der Waals surface area contributed by atoms with Crippen molar-refractivity contribution < 1.29 is 35.2 Å². The minimum Gasteiger partial charge on any atom is -0.301 e. The molecule has 0 aliphatic carbocycles. The molecule has 0 spiro atoms. The molecule has 0 fully saturated rings. The molecule has 0 unspecified atom stereocenters. The summed E-state index contributed by atoms with van der Waals surface area (Å²) in [6, 6.07) is 6.01. The lowest BCUT2D eigenvalue weighted by Crippen LogP contribution is -2.43. The van der Waals surface area contributed by atoms with Crippen LogP contribution in [0, 0.1) is 23.3 Å². The van der Waals surface area contributed by atoms with Crippen molar-refractivity contribution >= 4 is 21.6 Å². The molecule has 0 aliphatic rings. The van der Waals surface area contributed by atoms with Crippen LogP contribution in [0.15, 0.2) is 66.0 Å². The molecule has 0 aliphatic heterocycles. The van der Waals surface area contributed by atoms with Crippen LogP contribution in [0.5, 0.6) is 0 Å². The van der Waals surface area contributed by atoms with E-state index >= 15 is 8.78 Å². The van der Waals surface area contributed by atoms with Crippen molar-refractivity contribution in [1.29, 1.82) is 0 Å². The van der Waals surface area contributed by atoms with Crippen molar-refractivity contribution in [2.24, 2.45) is 0 Å². The van der Waals surface area contributed by atoms with Gasteiger partial charge in [-0.25, -0.2) is 30.4 Å². The summed E-state index contributed by atoms with van der Waals surface area (Å²) in [4.78, 5) is 17.1. The number of hydrogen-bond donors (Lipinski definition) is 0. The van der Waals surface area contributed by atoms with Crippen LogP contribution in [-0.2, 0) is 21.4 Å². The monoisotopic (exact) mass is 579 g/mol. The highest BCUT2D eigenvalue weighted by molar-refractivity contribution is 7.93. The van der Waals surface area contributed by atoms with Gasteiger partial charge < -0.3 is 4.90 Å². The van der Waals surface area contributed by atoms with Crippen molar-refractivity contribution in [2.75, 3.05) is 31.6 Å². The fourth-order valence-electron chi connectivity index (χ4n) is 3.97. The number of benzene rings is 2. The van der Waals surface area contributed by atoms with Gasteiger partial charge in [-0.05, 0) is 62.1 Å². The van der Waals surface area contributed by atoms with Gasteiger partial charge in [0.2, 0.25) is 0 Å². The molecule has 0 atom stereocenters. The first kappa shape index (κ1) is 28.8. The molecule has 40 heavy (non-hydrogen) atoms. The van der Waals surface area contributed by atoms with Crippen LogP contribution in [-0.4, -0.2) is 61.3 Å². The molecular weight excluding hydrogens is 557 g/mol. The van der Waals surface area contributed by atoms with E-state index in [2.05, 4.69) is 10.1 Å². The SMILES string of the molecule is CN(C)CC(=O)N(c1ccc(F)c(-c2nn(CCF)cc2-c2ccncc2)c1F)S(=O)(=O)c1cc(F)ccc1F. The van der Waals surface area contributed by atoms with Gasteiger partial charge in [-0.1, -0.05) is 0 Å². The minimum atomic E-state index is -5.26. The Kier molecular flexibility index (Phi) is 8.30. The van der Waals surface area contributed by atoms with E-state index in [0.717, 1.165) is 4.68 Å². The summed E-state index contributed by atoms with van der Waals surface area (Å²) >= 11 is 0. The Bertz CT molecular complexity index is 1660. The fraction of sp³-hybridized carbons (Fsp3) is 0.192. The average molecular weight is 580 g/mol. The number of anilines is 1. The quantitative estimate of drug-likeness (QED) is 0.273. The second-order valence-electron chi connectivity index (χ2n) is 8.81. The largest absolute Gasteiger partial charge is 0.301 e. The first-order chi connectivity index (χ1) is 18.9. The lowest BCUT2D eigenvalue weighted by Gasteiger charge is -2.25. The van der Waals surface area contributed by atoms with Crippen LogP contribution in [0.3, 0.4) is 0 Å². The van der Waals surface area contributed by atoms with Gasteiger partial charge in [-0.3, -0.25) is 14.5 Å². The number of amides is 1. The molecule has 2 heterocycles. The van der Waals surface area contributed by atoms with Crippen LogP contribution in [0.2, 0.25) is 0 Å². The highest BCUT2D eigenvalue weighted by Crippen LogP contribution is 2.39. The van der Waals surface area contributed by atoms with Gasteiger partial charge in [0.05, 0.1) is 24.3 Å². The first-order valence-electron chi connectivity index (χ1n) is 11.7. The Labute approximate surface area is 226 Å². The van der Waals surface area contributed by atoms with Crippen molar-refractivity contribution in [2.45, 2.75) is 11.4 Å². The van der Waals surface area contributed by atoms with Crippen LogP contribution >= 0.6 is 0 Å². The number of aromatic nitrogens is 3. The third-order valence-corrected chi connectivity index (χ3v) is 7.43. The average Bonchev–Trinajstić information content (AvgIpc) is 3.30. The van der Waals surface area contributed by atoms with Crippen LogP contribution < -0.4 is 4.31 Å². The predicted octanol–water partition coefficient (Wildman–Crippen LogP) is 4.42. The summed E-state index contributed by atoms with van der Waals surface area (Å²) in [6.07, 6.45) is 4.18. The van der Waals surface area contributed by atoms with E-state index in [0.29, 0.717) is 35.9 Å². The summed E-state index contributed by atoms with van der Waals surface area (Å²) < 4.78 is 101. The normalized spacial score (nSPS) is 11.7. The molecule has 2 aromatic carbocycles. The summed E-state index contributed by atoms with van der Waals surface area (Å²) in [6.45, 7) is -1.68. The second kappa shape index (κ2) is 11.5. The Morgan fingerprint density at radius 1 is 0.975 bits per heavy atom. The highest BCUT2D eigenvalue weighted by Gasteiger charge is 2.37. The van der Waals surface area contributed by atoms with Crippen LogP contribution in [0.1, 0.15) is 0 Å². The van der Waals surface area contributed by atoms with E-state index in [-0.39, 0.29) is 22.1 Å². The van der Waals surface area contributed by atoms with E-state index in [1.807, 2.05) is 0 Å². The molecule has 210 valence electrons. The van der Waals surface area contributed by atoms with Crippen molar-refractivity contribution in [3.63, 3.8) is 0 Å². The number of hydrogen-bond acceptors (Lipinski definition) is 6.